The van der Waals surface area contributed by atoms with E-state index in [1.807, 2.05) is 36.7 Å². The van der Waals surface area contributed by atoms with E-state index in [0.29, 0.717) is 12.4 Å². The van der Waals surface area contributed by atoms with Gasteiger partial charge in [0.05, 0.1) is 4.99 Å². The van der Waals surface area contributed by atoms with Gasteiger partial charge in [-0.15, -0.1) is 0 Å². The molecule has 5 nitrogen and oxygen atoms in total. The molecule has 2 aromatic rings. The minimum absolute atomic E-state index is 0.145. The molecule has 0 atom stereocenters. The van der Waals surface area contributed by atoms with Crippen molar-refractivity contribution in [3.63, 3.8) is 0 Å². The smallest absolute Gasteiger partial charge is 0.153 e. The van der Waals surface area contributed by atoms with Crippen LogP contribution in [0.1, 0.15) is 34.6 Å². The van der Waals surface area contributed by atoms with E-state index in [9.17, 15) is 0 Å². The summed E-state index contributed by atoms with van der Waals surface area (Å²) in [7, 11) is 0. The normalized spacial score (nSPS) is 12.6. The van der Waals surface area contributed by atoms with Gasteiger partial charge < -0.3 is 10.6 Å². The highest BCUT2D eigenvalue weighted by atomic mass is 127. The highest BCUT2D eigenvalue weighted by molar-refractivity contribution is 14.1. The van der Waals surface area contributed by atoms with Crippen LogP contribution in [-0.2, 0) is 0 Å². The van der Waals surface area contributed by atoms with Crippen molar-refractivity contribution in [3.8, 4) is 0 Å². The van der Waals surface area contributed by atoms with E-state index in [1.54, 1.807) is 0 Å². The summed E-state index contributed by atoms with van der Waals surface area (Å²) in [4.78, 5) is 14.2. The molecule has 2 rings (SSSR count). The Morgan fingerprint density at radius 1 is 1.00 bits per heavy atom. The number of pyridine rings is 2. The number of nitrogens with one attached hydrogen (secondary N) is 2. The number of halogens is 2. The average Bonchev–Trinajstić information content (AvgIpc) is 2.61. The topological polar surface area (TPSA) is 62.2 Å². The zero-order valence-electron chi connectivity index (χ0n) is 16.7. The Morgan fingerprint density at radius 3 is 2.11 bits per heavy atom. The summed E-state index contributed by atoms with van der Waals surface area (Å²) in [5.74, 6) is 2.33. The molecule has 0 aliphatic rings. The van der Waals surface area contributed by atoms with E-state index in [2.05, 4.69) is 100 Å². The van der Waals surface area contributed by atoms with Crippen LogP contribution in [0.25, 0.3) is 0 Å². The molecule has 0 fully saturated rings. The molecule has 0 aliphatic heterocycles. The first-order valence-corrected chi connectivity index (χ1v) is 11.4. The van der Waals surface area contributed by atoms with Crippen molar-refractivity contribution >= 4 is 79.9 Å². The minimum Gasteiger partial charge on any atom is -0.372 e. The molecule has 0 aromatic carbocycles. The predicted octanol–water partition coefficient (Wildman–Crippen LogP) is 5.82. The number of nitrogens with zero attached hydrogens (tertiary/aromatic N) is 3. The number of aliphatic imine (C=N–C) groups is 1. The van der Waals surface area contributed by atoms with E-state index >= 15 is 0 Å². The molecule has 150 valence electrons. The molecule has 0 bridgehead atoms. The maximum absolute atomic E-state index is 5.65. The molecule has 0 saturated carbocycles. The van der Waals surface area contributed by atoms with Gasteiger partial charge in [0.1, 0.15) is 11.7 Å². The maximum Gasteiger partial charge on any atom is 0.153 e. The molecular formula is C20H25I2N5S. The molecule has 2 heterocycles. The van der Waals surface area contributed by atoms with Gasteiger partial charge in [-0.1, -0.05) is 46.8 Å². The van der Waals surface area contributed by atoms with Gasteiger partial charge in [0, 0.05) is 36.9 Å². The van der Waals surface area contributed by atoms with Crippen molar-refractivity contribution in [2.75, 3.05) is 11.9 Å². The van der Waals surface area contributed by atoms with Crippen molar-refractivity contribution in [2.24, 2.45) is 15.8 Å². The van der Waals surface area contributed by atoms with Crippen molar-refractivity contribution in [1.29, 1.82) is 0 Å². The maximum atomic E-state index is 5.65. The van der Waals surface area contributed by atoms with Crippen LogP contribution in [0.5, 0.6) is 0 Å². The Hall–Kier alpha value is -0.880. The zero-order chi connectivity index (χ0) is 20.9. The van der Waals surface area contributed by atoms with Gasteiger partial charge >= 0.3 is 0 Å². The van der Waals surface area contributed by atoms with E-state index in [4.69, 9.17) is 17.2 Å². The number of aromatic nitrogens is 2. The summed E-state index contributed by atoms with van der Waals surface area (Å²) in [5.41, 5.74) is -0.432. The van der Waals surface area contributed by atoms with Crippen LogP contribution in [0, 0.1) is 18.0 Å². The molecule has 2 aromatic heterocycles. The fourth-order valence-corrected chi connectivity index (χ4v) is 2.96. The summed E-state index contributed by atoms with van der Waals surface area (Å²) in [6.45, 7) is 11.2. The summed E-state index contributed by atoms with van der Waals surface area (Å²) in [5, 5.41) is 6.75. The monoisotopic (exact) mass is 621 g/mol. The van der Waals surface area contributed by atoms with E-state index in [1.165, 1.54) is 0 Å². The Labute approximate surface area is 199 Å². The van der Waals surface area contributed by atoms with Gasteiger partial charge in [-0.3, -0.25) is 0 Å². The van der Waals surface area contributed by atoms with Crippen molar-refractivity contribution in [3.05, 3.63) is 43.8 Å². The second-order valence-electron chi connectivity index (χ2n) is 8.10. The largest absolute Gasteiger partial charge is 0.372 e. The molecule has 0 spiro atoms. The molecule has 0 saturated heterocycles. The van der Waals surface area contributed by atoms with Crippen LogP contribution in [0.3, 0.4) is 0 Å². The highest BCUT2D eigenvalue weighted by Crippen LogP contribution is 2.23. The number of rotatable bonds is 5. The van der Waals surface area contributed by atoms with Crippen LogP contribution in [0.2, 0.25) is 0 Å². The van der Waals surface area contributed by atoms with Gasteiger partial charge in [-0.2, -0.15) is 0 Å². The molecule has 28 heavy (non-hydrogen) atoms. The Morgan fingerprint density at radius 2 is 1.61 bits per heavy atom. The Balaban J connectivity index is 2.10. The first kappa shape index (κ1) is 23.4. The summed E-state index contributed by atoms with van der Waals surface area (Å²) in [6.07, 6.45) is 3.63. The first-order chi connectivity index (χ1) is 13.0. The zero-order valence-corrected chi connectivity index (χ0v) is 21.8. The standard InChI is InChI=1S/C20H25I2N5S/c1-19(2,3)17(26-15-8-6-13(21)10-23-15)25-12-20(4,5)18(28)27-16-9-7-14(22)11-24-16/h6-11H,12H2,1-5H3,(H,23,25,26)(H,24,27,28). The van der Waals surface area contributed by atoms with Gasteiger partial charge in [0.2, 0.25) is 0 Å². The molecular weight excluding hydrogens is 596 g/mol. The Kier molecular flexibility index (Phi) is 8.15. The number of thiocarbonyl (C=S) groups is 1. The summed E-state index contributed by atoms with van der Waals surface area (Å²) >= 11 is 10.1. The molecule has 0 amide bonds. The summed E-state index contributed by atoms with van der Waals surface area (Å²) in [6, 6.07) is 7.86. The lowest BCUT2D eigenvalue weighted by molar-refractivity contribution is 0.489. The number of hydrogen-bond acceptors (Lipinski definition) is 4. The van der Waals surface area contributed by atoms with E-state index in [-0.39, 0.29) is 10.8 Å². The van der Waals surface area contributed by atoms with Gasteiger partial charge in [0.25, 0.3) is 0 Å². The van der Waals surface area contributed by atoms with Crippen LogP contribution in [-0.4, -0.2) is 27.3 Å². The molecule has 2 N–H and O–H groups in total. The molecule has 0 radical (unpaired) electrons. The predicted molar refractivity (Wildman–Crippen MR) is 138 cm³/mol. The van der Waals surface area contributed by atoms with E-state index in [0.717, 1.165) is 23.8 Å². The summed E-state index contributed by atoms with van der Waals surface area (Å²) < 4.78 is 2.17. The molecule has 0 unspecified atom stereocenters. The lowest BCUT2D eigenvalue weighted by Crippen LogP contribution is -2.44. The Bertz CT molecular complexity index is 840. The van der Waals surface area contributed by atoms with Gasteiger partial charge in [-0.05, 0) is 69.4 Å². The third-order valence-corrected chi connectivity index (χ3v) is 5.86. The van der Waals surface area contributed by atoms with Gasteiger partial charge in [0.15, 0.2) is 5.82 Å². The van der Waals surface area contributed by atoms with Crippen molar-refractivity contribution in [2.45, 2.75) is 34.6 Å². The second kappa shape index (κ2) is 9.75. The number of hydrogen-bond donors (Lipinski definition) is 2. The lowest BCUT2D eigenvalue weighted by Gasteiger charge is -2.30. The highest BCUT2D eigenvalue weighted by Gasteiger charge is 2.27. The third-order valence-electron chi connectivity index (χ3n) is 3.93. The third kappa shape index (κ3) is 7.18. The minimum atomic E-state index is -0.286. The quantitative estimate of drug-likeness (QED) is 0.191. The van der Waals surface area contributed by atoms with Gasteiger partial charge in [-0.25, -0.2) is 15.0 Å². The van der Waals surface area contributed by atoms with E-state index < -0.39 is 0 Å². The number of amidine groups is 1. The lowest BCUT2D eigenvalue weighted by atomic mass is 9.90. The molecule has 0 aliphatic carbocycles. The van der Waals surface area contributed by atoms with Crippen LogP contribution in [0.4, 0.5) is 11.6 Å². The fourth-order valence-electron chi connectivity index (χ4n) is 2.14. The fraction of sp³-hybridized carbons (Fsp3) is 0.400. The van der Waals surface area contributed by atoms with Crippen molar-refractivity contribution < 1.29 is 0 Å². The van der Waals surface area contributed by atoms with Crippen LogP contribution < -0.4 is 10.6 Å². The number of anilines is 1. The first-order valence-electron chi connectivity index (χ1n) is 8.85. The van der Waals surface area contributed by atoms with Crippen LogP contribution in [0.15, 0.2) is 41.7 Å². The SMILES string of the molecule is CC(C)(C)C(=Nc1ccc(I)cn1)NCC(C)(C)C(=S)Nc1ccc(I)cn1. The van der Waals surface area contributed by atoms with Crippen LogP contribution >= 0.6 is 57.4 Å². The molecule has 8 heteroatoms. The van der Waals surface area contributed by atoms with Crippen molar-refractivity contribution in [1.82, 2.24) is 15.3 Å². The average molecular weight is 621 g/mol. The second-order valence-corrected chi connectivity index (χ2v) is 11.0.